The van der Waals surface area contributed by atoms with Crippen LogP contribution in [0.3, 0.4) is 0 Å². The highest BCUT2D eigenvalue weighted by atomic mass is 32.2. The van der Waals surface area contributed by atoms with Gasteiger partial charge in [-0.2, -0.15) is 0 Å². The van der Waals surface area contributed by atoms with Crippen LogP contribution in [-0.2, 0) is 81.1 Å². The van der Waals surface area contributed by atoms with Crippen molar-refractivity contribution in [3.8, 4) is 0 Å². The van der Waals surface area contributed by atoms with Crippen LogP contribution in [0, 0.1) is 17.8 Å². The van der Waals surface area contributed by atoms with Gasteiger partial charge in [-0.25, -0.2) is 71.5 Å². The number of nitrogens with one attached hydrogen (secondary N) is 2. The van der Waals surface area contributed by atoms with Gasteiger partial charge < -0.3 is 44.2 Å². The second kappa shape index (κ2) is 43.1. The Morgan fingerprint density at radius 3 is 1.45 bits per heavy atom. The van der Waals surface area contributed by atoms with Crippen molar-refractivity contribution >= 4 is 172 Å². The van der Waals surface area contributed by atoms with E-state index in [1.54, 1.807) is 66.4 Å². The minimum atomic E-state index is -3.34. The number of imide groups is 1. The van der Waals surface area contributed by atoms with Crippen LogP contribution in [-0.4, -0.2) is 202 Å². The number of piperazine rings is 1. The van der Waals surface area contributed by atoms with Crippen LogP contribution in [0.1, 0.15) is 261 Å². The number of thioether (sulfide) groups is 2. The van der Waals surface area contributed by atoms with Gasteiger partial charge in [-0.15, -0.1) is 57.5 Å². The molecular formula is C112H134N18O10S7. The summed E-state index contributed by atoms with van der Waals surface area (Å²) in [7, 11) is -6.66. The highest BCUT2D eigenvalue weighted by Gasteiger charge is 2.51. The zero-order chi connectivity index (χ0) is 102. The molecule has 5 saturated heterocycles. The van der Waals surface area contributed by atoms with Gasteiger partial charge in [0.25, 0.3) is 5.91 Å². The molecule has 7 fully saturated rings. The summed E-state index contributed by atoms with van der Waals surface area (Å²) in [5.74, 6) is 8.02. The second-order valence-electron chi connectivity index (χ2n) is 43.2. The lowest BCUT2D eigenvalue weighted by molar-refractivity contribution is -0.145. The fourth-order valence-electron chi connectivity index (χ4n) is 24.6. The van der Waals surface area contributed by atoms with Gasteiger partial charge in [0.1, 0.15) is 90.8 Å². The van der Waals surface area contributed by atoms with Crippen LogP contribution in [0.4, 0.5) is 45.3 Å². The smallest absolute Gasteiger partial charge is 0.322 e. The fraction of sp³-hybridized carbons (Fsp3) is 0.518. The summed E-state index contributed by atoms with van der Waals surface area (Å²) in [6.07, 6.45) is 28.5. The number of carbonyl (C=O) groups excluding carboxylic acids is 4. The third kappa shape index (κ3) is 20.4. The Morgan fingerprint density at radius 2 is 0.925 bits per heavy atom. The van der Waals surface area contributed by atoms with E-state index in [4.69, 9.17) is 14.5 Å². The maximum absolute atomic E-state index is 13.3. The zero-order valence-corrected chi connectivity index (χ0v) is 91.5. The maximum atomic E-state index is 13.3. The second-order valence-corrected chi connectivity index (χ2v) is 53.3. The molecule has 4 aromatic carbocycles. The molecule has 35 heteroatoms. The number of fused-ring (bicyclic) bond motifs is 16. The molecule has 5 aliphatic carbocycles. The van der Waals surface area contributed by atoms with E-state index in [1.807, 2.05) is 85.1 Å². The van der Waals surface area contributed by atoms with Crippen LogP contribution in [0.25, 0.3) is 30.6 Å². The lowest BCUT2D eigenvalue weighted by atomic mass is 9.79. The number of thiophene rings is 3. The number of benzene rings is 4. The Hall–Kier alpha value is -10.6. The van der Waals surface area contributed by atoms with Crippen LogP contribution in [0.5, 0.6) is 0 Å². The number of aromatic nitrogens is 10. The number of esters is 2. The first-order chi connectivity index (χ1) is 71.1. The summed E-state index contributed by atoms with van der Waals surface area (Å²) >= 11 is 9.07. The Bertz CT molecular complexity index is 7120. The summed E-state index contributed by atoms with van der Waals surface area (Å²) in [4.78, 5) is 117. The highest BCUT2D eigenvalue weighted by molar-refractivity contribution is 8.00. The van der Waals surface area contributed by atoms with E-state index in [2.05, 4.69) is 195 Å². The van der Waals surface area contributed by atoms with Crippen molar-refractivity contribution in [1.82, 2.24) is 60.5 Å². The van der Waals surface area contributed by atoms with E-state index in [9.17, 15) is 36.0 Å². The fourth-order valence-corrected chi connectivity index (χ4v) is 35.1. The van der Waals surface area contributed by atoms with Crippen molar-refractivity contribution in [2.45, 2.75) is 285 Å². The molecule has 774 valence electrons. The van der Waals surface area contributed by atoms with Gasteiger partial charge in [0.15, 0.2) is 19.7 Å². The third-order valence-electron chi connectivity index (χ3n) is 33.0. The molecule has 12 aromatic rings. The number of para-hydroxylation sites is 2. The minimum Gasteiger partial charge on any atom is -0.466 e. The summed E-state index contributed by atoms with van der Waals surface area (Å²) in [5.41, 5.74) is 11.7. The van der Waals surface area contributed by atoms with Gasteiger partial charge in [-0.3, -0.25) is 19.7 Å². The lowest BCUT2D eigenvalue weighted by Crippen LogP contribution is -2.55. The number of carbonyl (C=O) groups is 4. The molecule has 28 nitrogen and oxygen atoms in total. The zero-order valence-electron chi connectivity index (χ0n) is 85.8. The maximum Gasteiger partial charge on any atom is 0.322 e. The van der Waals surface area contributed by atoms with Crippen molar-refractivity contribution in [3.05, 3.63) is 194 Å². The van der Waals surface area contributed by atoms with Crippen molar-refractivity contribution in [2.75, 3.05) is 115 Å². The van der Waals surface area contributed by atoms with Crippen LogP contribution in [0.15, 0.2) is 155 Å². The molecule has 8 aromatic heterocycles. The van der Waals surface area contributed by atoms with E-state index < -0.39 is 25.2 Å². The number of hydrogen-bond acceptors (Lipinski definition) is 31. The van der Waals surface area contributed by atoms with Gasteiger partial charge in [-0.1, -0.05) is 129 Å². The topological polar surface area (TPSA) is 327 Å². The molecule has 10 atom stereocenters. The summed E-state index contributed by atoms with van der Waals surface area (Å²) in [6.45, 7) is 31.2. The number of aryl methyl sites for hydroxylation is 3. The molecule has 25 rings (SSSR count). The highest BCUT2D eigenvalue weighted by Crippen LogP contribution is 2.58. The van der Waals surface area contributed by atoms with Crippen molar-refractivity contribution in [2.24, 2.45) is 17.8 Å². The van der Waals surface area contributed by atoms with E-state index in [0.717, 1.165) is 209 Å². The van der Waals surface area contributed by atoms with Crippen molar-refractivity contribution < 1.29 is 45.5 Å². The van der Waals surface area contributed by atoms with Gasteiger partial charge in [0, 0.05) is 131 Å². The molecule has 3 amide bonds. The molecule has 1 spiro atoms. The number of nitrogens with zero attached hydrogens (tertiary/aromatic N) is 16. The Kier molecular flexibility index (Phi) is 30.0. The predicted molar refractivity (Wildman–Crippen MR) is 588 cm³/mol. The first-order valence-corrected chi connectivity index (χ1v) is 60.5. The molecule has 16 heterocycles. The van der Waals surface area contributed by atoms with E-state index in [-0.39, 0.29) is 51.6 Å². The molecule has 147 heavy (non-hydrogen) atoms. The minimum absolute atomic E-state index is 0.00932. The number of ether oxygens (including phenoxy) is 2. The first-order valence-electron chi connectivity index (χ1n) is 53.2. The number of urea groups is 1. The largest absolute Gasteiger partial charge is 0.466 e. The SMILES string of the molecule is CC1CCC2c3c(ncnc3N3CCC4(CC3)NC(=O)NC4=O)SC2C1.CC1CCc2c(sc3ncnc(N4CCC(S(=O)(=O)c5ccc(C(C)(C)C)cc5)CC4)c23)C1.CCC(C)c1ccc(S(=O)(=O)C2CCN(c3ncnc4c3C3CCC(C)CC3S4)CC2)cc1.CCOC(=O)C1CCc2sc3ncnc(N4CCN(c5ccccc5)CC4)c3c21.CCOC(=O)C1CCc2sc3ncnc(N4CCc5ccccc54)c3c21. The van der Waals surface area contributed by atoms with E-state index >= 15 is 0 Å². The van der Waals surface area contributed by atoms with Crippen molar-refractivity contribution in [3.63, 3.8) is 0 Å². The number of sulfone groups is 2. The average Bonchev–Trinajstić information content (AvgIpc) is 1.59. The summed E-state index contributed by atoms with van der Waals surface area (Å²) in [6, 6.07) is 33.7. The van der Waals surface area contributed by atoms with Crippen LogP contribution in [0.2, 0.25) is 0 Å². The number of rotatable bonds is 16. The molecule has 8 aliphatic heterocycles. The molecule has 2 N–H and O–H groups in total. The normalized spacial score (nSPS) is 23.2. The van der Waals surface area contributed by atoms with Gasteiger partial charge in [0.2, 0.25) is 0 Å². The van der Waals surface area contributed by atoms with Crippen molar-refractivity contribution in [1.29, 1.82) is 0 Å². The molecule has 10 unspecified atom stereocenters. The number of amides is 3. The van der Waals surface area contributed by atoms with Crippen LogP contribution < -0.4 is 40.0 Å². The molecule has 2 saturated carbocycles. The summed E-state index contributed by atoms with van der Waals surface area (Å²) < 4.78 is 64.1. The lowest BCUT2D eigenvalue weighted by Gasteiger charge is -2.39. The van der Waals surface area contributed by atoms with Crippen LogP contribution >= 0.6 is 57.5 Å². The number of piperidine rings is 3. The molecule has 0 bridgehead atoms. The van der Waals surface area contributed by atoms with Gasteiger partial charge in [-0.05, 0) is 241 Å². The summed E-state index contributed by atoms with van der Waals surface area (Å²) in [5, 5.41) is 11.4. The quantitative estimate of drug-likeness (QED) is 0.0515. The Balaban J connectivity index is 0.000000108. The Morgan fingerprint density at radius 1 is 0.463 bits per heavy atom. The Labute approximate surface area is 883 Å². The number of hydrogen-bond donors (Lipinski definition) is 2. The van der Waals surface area contributed by atoms with E-state index in [1.165, 1.54) is 104 Å². The average molecular weight is 2120 g/mol. The third-order valence-corrected chi connectivity index (χ3v) is 43.8. The van der Waals surface area contributed by atoms with E-state index in [0.29, 0.717) is 103 Å². The predicted octanol–water partition coefficient (Wildman–Crippen LogP) is 21.0. The molecule has 13 aliphatic rings. The monoisotopic (exact) mass is 2110 g/mol. The molecular weight excluding hydrogens is 1980 g/mol. The van der Waals surface area contributed by atoms with Gasteiger partial charge >= 0.3 is 18.0 Å². The van der Waals surface area contributed by atoms with Gasteiger partial charge in [0.05, 0.1) is 61.5 Å². The standard InChI is InChI=1S/C26H33N3O2S2.C26H35N3O2S2.C22H24N4O2S.C20H19N3O2S.C18H23N5O2S/c1-17-5-10-21-22(15-17)32-25-23(21)24(27-16-28-25)29-13-11-20(12-14-29)33(30,31)19-8-6-18(7-9-19)26(2,3)4;1-4-18(3)19-6-8-20(9-7-19)33(30,31)21-11-13-29(14-12-21)25-24-22-10-5-17(2)15-23(22)32-26(24)28-16-27-25;1-2-28-22(27)16-8-9-17-18(16)19-20(23-14-24-21(19)29-17)26-12-10-25(11-13-26)15-6-4-3-5-7-15;1-2-25-20(24)13-7-8-15-16(13)17-18(21-11-22-19(17)26-15)23-10-9-12-5-3-4-6-14(12)23;1-10-2-3-11-12(8-10)26-15-13(11)14(19-9-20-15)23-6-4-18(5-7-23)16(24)21-17(25)22-18/h6-9,16-17,20H,5,10-15H2,1-4H3;6-9,16-18,21-23H,4-5,10-15H2,1-3H3;3-7,14,16H,2,8-13H2,1H3;3-6,11,13H,2,7-10H2,1H3;9-12H,2-8H2,1H3,(H2,21,22,24,25). The first kappa shape index (κ1) is 102. The number of anilines is 7. The molecule has 0 radical (unpaired) electrons.